The van der Waals surface area contributed by atoms with Crippen LogP contribution in [0.15, 0.2) is 48.5 Å². The largest absolute Gasteiger partial charge is 0.398 e. The summed E-state index contributed by atoms with van der Waals surface area (Å²) in [6.45, 7) is 0. The van der Waals surface area contributed by atoms with E-state index in [-0.39, 0.29) is 5.91 Å². The van der Waals surface area contributed by atoms with Crippen molar-refractivity contribution in [1.29, 1.82) is 5.41 Å². The maximum atomic E-state index is 12.1. The summed E-state index contributed by atoms with van der Waals surface area (Å²) in [6, 6.07) is 14.8. The van der Waals surface area contributed by atoms with Gasteiger partial charge in [-0.25, -0.2) is 0 Å². The molecule has 1 fully saturated rings. The second kappa shape index (κ2) is 5.40. The molecule has 2 aromatic rings. The zero-order chi connectivity index (χ0) is 14.8. The number of benzene rings is 2. The van der Waals surface area contributed by atoms with Crippen molar-refractivity contribution < 1.29 is 4.79 Å². The van der Waals surface area contributed by atoms with Gasteiger partial charge < -0.3 is 11.1 Å². The molecule has 0 heterocycles. The minimum atomic E-state index is -0.0976. The Kier molecular flexibility index (Phi) is 3.44. The fourth-order valence-corrected chi connectivity index (χ4v) is 2.17. The van der Waals surface area contributed by atoms with E-state index in [9.17, 15) is 4.79 Å². The summed E-state index contributed by atoms with van der Waals surface area (Å²) in [5, 5.41) is 11.2. The van der Waals surface area contributed by atoms with Gasteiger partial charge in [0.05, 0.1) is 5.71 Å². The Labute approximate surface area is 123 Å². The molecule has 0 aromatic heterocycles. The van der Waals surface area contributed by atoms with Crippen molar-refractivity contribution >= 4 is 17.3 Å². The van der Waals surface area contributed by atoms with Gasteiger partial charge in [0.25, 0.3) is 5.91 Å². The zero-order valence-corrected chi connectivity index (χ0v) is 11.6. The van der Waals surface area contributed by atoms with Gasteiger partial charge in [-0.1, -0.05) is 30.3 Å². The first kappa shape index (κ1) is 13.4. The Hall–Kier alpha value is -2.62. The van der Waals surface area contributed by atoms with E-state index in [2.05, 4.69) is 5.32 Å². The number of hydrogen-bond acceptors (Lipinski definition) is 3. The Bertz CT molecular complexity index is 690. The van der Waals surface area contributed by atoms with Crippen LogP contribution in [0.4, 0.5) is 5.69 Å². The van der Waals surface area contributed by atoms with E-state index in [1.54, 1.807) is 18.2 Å². The van der Waals surface area contributed by atoms with E-state index in [0.717, 1.165) is 18.4 Å². The predicted octanol–water partition coefficient (Wildman–Crippen LogP) is 2.58. The first-order chi connectivity index (χ1) is 10.1. The van der Waals surface area contributed by atoms with Crippen molar-refractivity contribution in [3.63, 3.8) is 0 Å². The number of amides is 1. The van der Waals surface area contributed by atoms with Crippen molar-refractivity contribution in [3.05, 3.63) is 65.2 Å². The molecule has 0 spiro atoms. The summed E-state index contributed by atoms with van der Waals surface area (Å²) >= 11 is 0. The van der Waals surface area contributed by atoms with Crippen LogP contribution in [0, 0.1) is 5.41 Å². The van der Waals surface area contributed by atoms with Crippen molar-refractivity contribution in [2.75, 3.05) is 5.73 Å². The van der Waals surface area contributed by atoms with Gasteiger partial charge in [0.1, 0.15) is 0 Å². The van der Waals surface area contributed by atoms with Crippen LogP contribution in [-0.2, 0) is 0 Å². The topological polar surface area (TPSA) is 79.0 Å². The number of carbonyl (C=O) groups is 1. The molecule has 4 N–H and O–H groups in total. The Morgan fingerprint density at radius 3 is 2.48 bits per heavy atom. The van der Waals surface area contributed by atoms with E-state index in [1.807, 2.05) is 30.3 Å². The third kappa shape index (κ3) is 2.94. The quantitative estimate of drug-likeness (QED) is 0.594. The minimum Gasteiger partial charge on any atom is -0.398 e. The van der Waals surface area contributed by atoms with Gasteiger partial charge in [-0.2, -0.15) is 0 Å². The average Bonchev–Trinajstić information content (AvgIpc) is 3.32. The second-order valence-electron chi connectivity index (χ2n) is 5.29. The van der Waals surface area contributed by atoms with Crippen molar-refractivity contribution in [2.24, 2.45) is 0 Å². The summed E-state index contributed by atoms with van der Waals surface area (Å²) < 4.78 is 0. The van der Waals surface area contributed by atoms with Crippen LogP contribution in [0.3, 0.4) is 0 Å². The van der Waals surface area contributed by atoms with Crippen LogP contribution in [0.2, 0.25) is 0 Å². The molecule has 0 radical (unpaired) electrons. The highest BCUT2D eigenvalue weighted by atomic mass is 16.1. The summed E-state index contributed by atoms with van der Waals surface area (Å²) in [6.07, 6.45) is 2.10. The van der Waals surface area contributed by atoms with Gasteiger partial charge in [0.2, 0.25) is 0 Å². The molecule has 4 heteroatoms. The summed E-state index contributed by atoms with van der Waals surface area (Å²) in [5.74, 6) is -0.0976. The number of nitrogens with one attached hydrogen (secondary N) is 2. The third-order valence-corrected chi connectivity index (χ3v) is 3.56. The van der Waals surface area contributed by atoms with Gasteiger partial charge in [0, 0.05) is 28.4 Å². The number of nitrogens with two attached hydrogens (primary N) is 1. The lowest BCUT2D eigenvalue weighted by Gasteiger charge is -2.10. The monoisotopic (exact) mass is 279 g/mol. The van der Waals surface area contributed by atoms with E-state index >= 15 is 0 Å². The maximum absolute atomic E-state index is 12.1. The minimum absolute atomic E-state index is 0.0976. The molecule has 106 valence electrons. The zero-order valence-electron chi connectivity index (χ0n) is 11.6. The molecule has 0 atom stereocenters. The molecule has 3 rings (SSSR count). The second-order valence-corrected chi connectivity index (χ2v) is 5.29. The molecule has 0 unspecified atom stereocenters. The molecule has 0 saturated heterocycles. The lowest BCUT2D eigenvalue weighted by Crippen LogP contribution is -2.25. The molecule has 1 saturated carbocycles. The SMILES string of the molecule is N=C(c1ccccc1)c1cc(C(=O)NC2CC2)ccc1N. The van der Waals surface area contributed by atoms with Crippen molar-refractivity contribution in [1.82, 2.24) is 5.32 Å². The Morgan fingerprint density at radius 1 is 1.10 bits per heavy atom. The highest BCUT2D eigenvalue weighted by Crippen LogP contribution is 2.21. The van der Waals surface area contributed by atoms with Crippen LogP contribution >= 0.6 is 0 Å². The normalized spacial score (nSPS) is 13.7. The van der Waals surface area contributed by atoms with E-state index < -0.39 is 0 Å². The third-order valence-electron chi connectivity index (χ3n) is 3.56. The molecule has 4 nitrogen and oxygen atoms in total. The standard InChI is InChI=1S/C17H17N3O/c18-15-9-6-12(17(21)20-13-7-8-13)10-14(15)16(19)11-4-2-1-3-5-11/h1-6,9-10,13,19H,7-8,18H2,(H,20,21). The summed E-state index contributed by atoms with van der Waals surface area (Å²) in [7, 11) is 0. The van der Waals surface area contributed by atoms with Gasteiger partial charge in [-0.05, 0) is 31.0 Å². The van der Waals surface area contributed by atoms with Gasteiger partial charge >= 0.3 is 0 Å². The molecule has 1 aliphatic rings. The van der Waals surface area contributed by atoms with E-state index in [1.165, 1.54) is 0 Å². The predicted molar refractivity (Wildman–Crippen MR) is 83.7 cm³/mol. The summed E-state index contributed by atoms with van der Waals surface area (Å²) in [5.41, 5.74) is 8.72. The van der Waals surface area contributed by atoms with Crippen molar-refractivity contribution in [2.45, 2.75) is 18.9 Å². The highest BCUT2D eigenvalue weighted by molar-refractivity contribution is 6.14. The van der Waals surface area contributed by atoms with E-state index in [0.29, 0.717) is 28.6 Å². The number of rotatable bonds is 4. The maximum Gasteiger partial charge on any atom is 0.251 e. The first-order valence-corrected chi connectivity index (χ1v) is 7.00. The lowest BCUT2D eigenvalue weighted by molar-refractivity contribution is 0.0951. The van der Waals surface area contributed by atoms with Gasteiger partial charge in [0.15, 0.2) is 0 Å². The smallest absolute Gasteiger partial charge is 0.251 e. The van der Waals surface area contributed by atoms with Crippen LogP contribution in [0.5, 0.6) is 0 Å². The highest BCUT2D eigenvalue weighted by Gasteiger charge is 2.24. The van der Waals surface area contributed by atoms with E-state index in [4.69, 9.17) is 11.1 Å². The van der Waals surface area contributed by atoms with Crippen molar-refractivity contribution in [3.8, 4) is 0 Å². The molecule has 0 bridgehead atoms. The van der Waals surface area contributed by atoms with Gasteiger partial charge in [-0.15, -0.1) is 0 Å². The van der Waals surface area contributed by atoms with Gasteiger partial charge in [-0.3, -0.25) is 10.2 Å². The molecular weight excluding hydrogens is 262 g/mol. The molecule has 2 aromatic carbocycles. The average molecular weight is 279 g/mol. The first-order valence-electron chi connectivity index (χ1n) is 7.00. The van der Waals surface area contributed by atoms with Crippen LogP contribution in [0.25, 0.3) is 0 Å². The fourth-order valence-electron chi connectivity index (χ4n) is 2.17. The number of anilines is 1. The molecule has 1 aliphatic carbocycles. The van der Waals surface area contributed by atoms with Crippen LogP contribution in [0.1, 0.15) is 34.3 Å². The van der Waals surface area contributed by atoms with Crippen LogP contribution < -0.4 is 11.1 Å². The summed E-state index contributed by atoms with van der Waals surface area (Å²) in [4.78, 5) is 12.1. The lowest BCUT2D eigenvalue weighted by atomic mass is 9.98. The number of nitrogen functional groups attached to an aromatic ring is 1. The molecule has 0 aliphatic heterocycles. The number of carbonyl (C=O) groups excluding carboxylic acids is 1. The number of hydrogen-bond donors (Lipinski definition) is 3. The van der Waals surface area contributed by atoms with Crippen LogP contribution in [-0.4, -0.2) is 17.7 Å². The Morgan fingerprint density at radius 2 is 1.81 bits per heavy atom. The Balaban J connectivity index is 1.90. The fraction of sp³-hybridized carbons (Fsp3) is 0.176. The molecule has 21 heavy (non-hydrogen) atoms. The molecule has 1 amide bonds. The molecular formula is C17H17N3O.